The van der Waals surface area contributed by atoms with Crippen LogP contribution in [0.3, 0.4) is 0 Å². The van der Waals surface area contributed by atoms with E-state index >= 15 is 0 Å². The smallest absolute Gasteiger partial charge is 0.369 e. The number of aromatic amines is 1. The molecule has 7 heteroatoms. The average Bonchev–Trinajstić information content (AvgIpc) is 2.52. The zero-order chi connectivity index (χ0) is 11.6. The van der Waals surface area contributed by atoms with E-state index in [4.69, 9.17) is 5.73 Å². The van der Waals surface area contributed by atoms with E-state index in [1.165, 1.54) is 0 Å². The number of aromatic nitrogens is 2. The number of primary amides is 1. The number of halogens is 3. The Hall–Kier alpha value is -1.53. The van der Waals surface area contributed by atoms with Crippen LogP contribution < -0.4 is 5.73 Å². The topological polar surface area (TPSA) is 71.8 Å². The van der Waals surface area contributed by atoms with Gasteiger partial charge in [0.2, 0.25) is 5.91 Å². The molecule has 0 aromatic carbocycles. The van der Waals surface area contributed by atoms with Crippen LogP contribution in [-0.4, -0.2) is 16.1 Å². The molecule has 1 rings (SSSR count). The molecule has 1 heterocycles. The number of carbonyl (C=O) groups excluding carboxylic acids is 1. The van der Waals surface area contributed by atoms with Gasteiger partial charge in [-0.1, -0.05) is 6.92 Å². The number of H-pyrrole nitrogens is 1. The number of nitrogens with two attached hydrogens (primary N) is 1. The second-order valence-corrected chi connectivity index (χ2v) is 3.07. The first-order chi connectivity index (χ1) is 6.86. The predicted octanol–water partition coefficient (Wildman–Crippen LogP) is 1.41. The van der Waals surface area contributed by atoms with E-state index in [9.17, 15) is 18.0 Å². The second-order valence-electron chi connectivity index (χ2n) is 3.07. The van der Waals surface area contributed by atoms with Crippen LogP contribution in [0.1, 0.15) is 30.7 Å². The van der Waals surface area contributed by atoms with Crippen molar-refractivity contribution in [3.8, 4) is 0 Å². The Balaban J connectivity index is 2.97. The maximum Gasteiger partial charge on any atom is 0.435 e. The Morgan fingerprint density at radius 1 is 1.67 bits per heavy atom. The fourth-order valence-electron chi connectivity index (χ4n) is 1.23. The highest BCUT2D eigenvalue weighted by atomic mass is 19.4. The molecule has 0 radical (unpaired) electrons. The molecular formula is C8H10F3N3O. The Morgan fingerprint density at radius 3 is 2.60 bits per heavy atom. The highest BCUT2D eigenvalue weighted by Gasteiger charge is 2.34. The van der Waals surface area contributed by atoms with Crippen LogP contribution in [-0.2, 0) is 11.0 Å². The van der Waals surface area contributed by atoms with Gasteiger partial charge in [0.1, 0.15) is 0 Å². The summed E-state index contributed by atoms with van der Waals surface area (Å²) in [5.41, 5.74) is 4.08. The lowest BCUT2D eigenvalue weighted by atomic mass is 10.0. The molecule has 0 saturated heterocycles. The summed E-state index contributed by atoms with van der Waals surface area (Å²) in [4.78, 5) is 10.9. The van der Waals surface area contributed by atoms with Gasteiger partial charge in [-0.2, -0.15) is 18.3 Å². The van der Waals surface area contributed by atoms with Crippen LogP contribution in [0, 0.1) is 0 Å². The van der Waals surface area contributed by atoms with E-state index in [2.05, 4.69) is 10.2 Å². The number of rotatable bonds is 3. The van der Waals surface area contributed by atoms with Crippen LogP contribution in [0.2, 0.25) is 0 Å². The molecule has 1 aromatic heterocycles. The van der Waals surface area contributed by atoms with Crippen molar-refractivity contribution >= 4 is 5.91 Å². The summed E-state index contributed by atoms with van der Waals surface area (Å²) in [6.45, 7) is 1.66. The lowest BCUT2D eigenvalue weighted by Gasteiger charge is -2.06. The van der Waals surface area contributed by atoms with E-state index in [0.29, 0.717) is 6.42 Å². The molecule has 15 heavy (non-hydrogen) atoms. The third kappa shape index (κ3) is 2.48. The fourth-order valence-corrected chi connectivity index (χ4v) is 1.23. The van der Waals surface area contributed by atoms with Gasteiger partial charge in [0.05, 0.1) is 5.92 Å². The first kappa shape index (κ1) is 11.5. The van der Waals surface area contributed by atoms with Crippen molar-refractivity contribution < 1.29 is 18.0 Å². The normalized spacial score (nSPS) is 13.9. The minimum atomic E-state index is -4.51. The molecule has 0 aliphatic carbocycles. The van der Waals surface area contributed by atoms with Gasteiger partial charge in [-0.05, 0) is 12.5 Å². The van der Waals surface area contributed by atoms with E-state index < -0.39 is 23.7 Å². The van der Waals surface area contributed by atoms with Crippen LogP contribution in [0.15, 0.2) is 6.07 Å². The number of carbonyl (C=O) groups is 1. The van der Waals surface area contributed by atoms with E-state index in [-0.39, 0.29) is 5.69 Å². The van der Waals surface area contributed by atoms with Crippen molar-refractivity contribution in [3.63, 3.8) is 0 Å². The molecule has 1 amide bonds. The zero-order valence-electron chi connectivity index (χ0n) is 7.93. The molecule has 0 bridgehead atoms. The molecule has 0 spiro atoms. The minimum absolute atomic E-state index is 0.0947. The Bertz CT molecular complexity index is 358. The van der Waals surface area contributed by atoms with Crippen molar-refractivity contribution in [1.82, 2.24) is 10.2 Å². The quantitative estimate of drug-likeness (QED) is 0.809. The van der Waals surface area contributed by atoms with Crippen LogP contribution in [0.4, 0.5) is 13.2 Å². The van der Waals surface area contributed by atoms with Crippen molar-refractivity contribution in [2.75, 3.05) is 0 Å². The van der Waals surface area contributed by atoms with Crippen molar-refractivity contribution in [3.05, 3.63) is 17.5 Å². The molecule has 1 aromatic rings. The minimum Gasteiger partial charge on any atom is -0.369 e. The summed E-state index contributed by atoms with van der Waals surface area (Å²) in [5.74, 6) is -1.43. The number of amides is 1. The maximum absolute atomic E-state index is 12.2. The van der Waals surface area contributed by atoms with E-state index in [1.54, 1.807) is 6.92 Å². The van der Waals surface area contributed by atoms with Gasteiger partial charge >= 0.3 is 6.18 Å². The van der Waals surface area contributed by atoms with Gasteiger partial charge in [-0.25, -0.2) is 0 Å². The summed E-state index contributed by atoms with van der Waals surface area (Å²) in [7, 11) is 0. The van der Waals surface area contributed by atoms with Gasteiger partial charge in [0.15, 0.2) is 5.69 Å². The molecule has 3 N–H and O–H groups in total. The summed E-state index contributed by atoms with van der Waals surface area (Å²) >= 11 is 0. The van der Waals surface area contributed by atoms with E-state index in [1.807, 2.05) is 0 Å². The summed E-state index contributed by atoms with van der Waals surface area (Å²) in [6.07, 6.45) is -4.18. The van der Waals surface area contributed by atoms with Crippen LogP contribution in [0.25, 0.3) is 0 Å². The molecule has 84 valence electrons. The molecule has 0 aliphatic rings. The zero-order valence-corrected chi connectivity index (χ0v) is 7.93. The molecule has 4 nitrogen and oxygen atoms in total. The molecule has 1 unspecified atom stereocenters. The summed E-state index contributed by atoms with van der Waals surface area (Å²) in [6, 6.07) is 0.804. The van der Waals surface area contributed by atoms with Gasteiger partial charge < -0.3 is 5.73 Å². The number of hydrogen-bond donors (Lipinski definition) is 2. The van der Waals surface area contributed by atoms with Crippen molar-refractivity contribution in [2.24, 2.45) is 5.73 Å². The Morgan fingerprint density at radius 2 is 2.27 bits per heavy atom. The summed E-state index contributed by atoms with van der Waals surface area (Å²) < 4.78 is 36.5. The van der Waals surface area contributed by atoms with Gasteiger partial charge in [-0.15, -0.1) is 0 Å². The maximum atomic E-state index is 12.2. The van der Waals surface area contributed by atoms with E-state index in [0.717, 1.165) is 6.07 Å². The number of alkyl halides is 3. The molecule has 0 fully saturated rings. The van der Waals surface area contributed by atoms with Crippen molar-refractivity contribution in [1.29, 1.82) is 0 Å². The van der Waals surface area contributed by atoms with Gasteiger partial charge in [0.25, 0.3) is 0 Å². The first-order valence-corrected chi connectivity index (χ1v) is 4.28. The highest BCUT2D eigenvalue weighted by Crippen LogP contribution is 2.29. The third-order valence-corrected chi connectivity index (χ3v) is 2.02. The molecular weight excluding hydrogens is 211 g/mol. The molecule has 0 aliphatic heterocycles. The average molecular weight is 221 g/mol. The van der Waals surface area contributed by atoms with Gasteiger partial charge in [0, 0.05) is 5.69 Å². The standard InChI is InChI=1S/C8H10F3N3O/c1-2-4(7(12)15)5-3-6(14-13-5)8(9,10)11/h3-4H,2H2,1H3,(H2,12,15)(H,13,14). The first-order valence-electron chi connectivity index (χ1n) is 4.28. The SMILES string of the molecule is CCC(C(N)=O)c1cc(C(F)(F)F)n[nH]1. The molecule has 1 atom stereocenters. The lowest BCUT2D eigenvalue weighted by Crippen LogP contribution is -2.21. The number of nitrogens with one attached hydrogen (secondary N) is 1. The predicted molar refractivity (Wildman–Crippen MR) is 45.8 cm³/mol. The second kappa shape index (κ2) is 3.92. The largest absolute Gasteiger partial charge is 0.435 e. The van der Waals surface area contributed by atoms with Crippen LogP contribution >= 0.6 is 0 Å². The Kier molecular flexibility index (Phi) is 3.01. The third-order valence-electron chi connectivity index (χ3n) is 2.02. The van der Waals surface area contributed by atoms with Crippen LogP contribution in [0.5, 0.6) is 0 Å². The number of nitrogens with zero attached hydrogens (tertiary/aromatic N) is 1. The monoisotopic (exact) mass is 221 g/mol. The Labute approximate surface area is 83.7 Å². The molecule has 0 saturated carbocycles. The lowest BCUT2D eigenvalue weighted by molar-refractivity contribution is -0.141. The highest BCUT2D eigenvalue weighted by molar-refractivity contribution is 5.81. The summed E-state index contributed by atoms with van der Waals surface area (Å²) in [5, 5.41) is 5.25. The van der Waals surface area contributed by atoms with Crippen molar-refractivity contribution in [2.45, 2.75) is 25.4 Å². The number of hydrogen-bond acceptors (Lipinski definition) is 2. The fraction of sp³-hybridized carbons (Fsp3) is 0.500. The van der Waals surface area contributed by atoms with Gasteiger partial charge in [-0.3, -0.25) is 9.89 Å².